The zero-order chi connectivity index (χ0) is 22.5. The molecule has 1 aromatic heterocycles. The Morgan fingerprint density at radius 2 is 1.78 bits per heavy atom. The van der Waals surface area contributed by atoms with Crippen LogP contribution in [-0.2, 0) is 19.5 Å². The van der Waals surface area contributed by atoms with Crippen LogP contribution in [0, 0.1) is 0 Å². The van der Waals surface area contributed by atoms with E-state index in [1.54, 1.807) is 14.2 Å². The summed E-state index contributed by atoms with van der Waals surface area (Å²) < 4.78 is 11.0. The standard InChI is InChI=1S/C24H34N6O2/c1-25-24(30-9-7-18-14-21(31-3)22(32-4)15-20(18)17-30)27-16-19-6-5-8-26-23(19)29-12-10-28(2)11-13-29/h5-6,8,14-15H,7,9-13,16-17H2,1-4H3,(H,25,27). The number of nitrogens with zero attached hydrogens (tertiary/aromatic N) is 5. The smallest absolute Gasteiger partial charge is 0.194 e. The second kappa shape index (κ2) is 10.1. The maximum absolute atomic E-state index is 5.50. The van der Waals surface area contributed by atoms with Gasteiger partial charge in [0.15, 0.2) is 17.5 Å². The number of aliphatic imine (C=N–C) groups is 1. The van der Waals surface area contributed by atoms with E-state index >= 15 is 0 Å². The number of hydrogen-bond donors (Lipinski definition) is 1. The summed E-state index contributed by atoms with van der Waals surface area (Å²) in [6.07, 6.45) is 2.82. The summed E-state index contributed by atoms with van der Waals surface area (Å²) in [5.41, 5.74) is 3.75. The van der Waals surface area contributed by atoms with Crippen LogP contribution in [-0.4, -0.2) is 81.8 Å². The highest BCUT2D eigenvalue weighted by atomic mass is 16.5. The number of aromatic nitrogens is 1. The van der Waals surface area contributed by atoms with Crippen LogP contribution in [0.5, 0.6) is 11.5 Å². The molecule has 8 nitrogen and oxygen atoms in total. The van der Waals surface area contributed by atoms with Gasteiger partial charge in [-0.25, -0.2) is 4.98 Å². The largest absolute Gasteiger partial charge is 0.493 e. The number of ether oxygens (including phenoxy) is 2. The first-order valence-corrected chi connectivity index (χ1v) is 11.2. The van der Waals surface area contributed by atoms with Gasteiger partial charge in [-0.1, -0.05) is 6.07 Å². The van der Waals surface area contributed by atoms with Gasteiger partial charge in [0.2, 0.25) is 0 Å². The molecule has 0 saturated carbocycles. The summed E-state index contributed by atoms with van der Waals surface area (Å²) in [5, 5.41) is 3.57. The van der Waals surface area contributed by atoms with Crippen LogP contribution in [0.15, 0.2) is 35.5 Å². The van der Waals surface area contributed by atoms with E-state index in [0.717, 1.165) is 69.0 Å². The van der Waals surface area contributed by atoms with Crippen LogP contribution in [0.2, 0.25) is 0 Å². The molecule has 1 aromatic carbocycles. The lowest BCUT2D eigenvalue weighted by atomic mass is 9.99. The highest BCUT2D eigenvalue weighted by molar-refractivity contribution is 5.80. The van der Waals surface area contributed by atoms with Gasteiger partial charge in [0, 0.05) is 64.6 Å². The molecule has 2 aliphatic rings. The number of fused-ring (bicyclic) bond motifs is 1. The summed E-state index contributed by atoms with van der Waals surface area (Å²) in [6, 6.07) is 8.35. The summed E-state index contributed by atoms with van der Waals surface area (Å²) in [5.74, 6) is 3.53. The molecule has 0 atom stereocenters. The fraction of sp³-hybridized carbons (Fsp3) is 0.500. The van der Waals surface area contributed by atoms with E-state index in [2.05, 4.69) is 50.3 Å². The second-order valence-corrected chi connectivity index (χ2v) is 8.32. The highest BCUT2D eigenvalue weighted by Gasteiger charge is 2.23. The lowest BCUT2D eigenvalue weighted by Crippen LogP contribution is -2.46. The molecule has 172 valence electrons. The Hall–Kier alpha value is -3.00. The predicted molar refractivity (Wildman–Crippen MR) is 128 cm³/mol. The summed E-state index contributed by atoms with van der Waals surface area (Å²) in [6.45, 7) is 6.51. The number of pyridine rings is 1. The molecule has 1 saturated heterocycles. The van der Waals surface area contributed by atoms with Crippen LogP contribution < -0.4 is 19.7 Å². The fourth-order valence-electron chi connectivity index (χ4n) is 4.44. The van der Waals surface area contributed by atoms with E-state index in [1.807, 2.05) is 19.3 Å². The number of hydrogen-bond acceptors (Lipinski definition) is 6. The molecule has 4 rings (SSSR count). The molecule has 2 aromatic rings. The zero-order valence-electron chi connectivity index (χ0n) is 19.6. The average Bonchev–Trinajstić information content (AvgIpc) is 2.84. The van der Waals surface area contributed by atoms with Gasteiger partial charge in [-0.3, -0.25) is 4.99 Å². The SMILES string of the molecule is CN=C(NCc1cccnc1N1CCN(C)CC1)N1CCc2cc(OC)c(OC)cc2C1. The van der Waals surface area contributed by atoms with Crippen LogP contribution in [0.4, 0.5) is 5.82 Å². The summed E-state index contributed by atoms with van der Waals surface area (Å²) in [7, 11) is 7.37. The Kier molecular flexibility index (Phi) is 6.99. The third kappa shape index (κ3) is 4.75. The molecule has 0 bridgehead atoms. The lowest BCUT2D eigenvalue weighted by Gasteiger charge is -2.35. The minimum absolute atomic E-state index is 0.692. The highest BCUT2D eigenvalue weighted by Crippen LogP contribution is 2.33. The maximum Gasteiger partial charge on any atom is 0.194 e. The molecular formula is C24H34N6O2. The molecule has 2 aliphatic heterocycles. The van der Waals surface area contributed by atoms with Crippen LogP contribution in [0.3, 0.4) is 0 Å². The van der Waals surface area contributed by atoms with Crippen molar-refractivity contribution in [2.24, 2.45) is 4.99 Å². The molecule has 0 spiro atoms. The number of benzene rings is 1. The van der Waals surface area contributed by atoms with Gasteiger partial charge in [0.05, 0.1) is 14.2 Å². The number of methoxy groups -OCH3 is 2. The average molecular weight is 439 g/mol. The number of guanidine groups is 1. The number of piperazine rings is 1. The molecule has 0 amide bonds. The van der Waals surface area contributed by atoms with Crippen molar-refractivity contribution in [3.63, 3.8) is 0 Å². The third-order valence-corrected chi connectivity index (χ3v) is 6.34. The molecule has 8 heteroatoms. The summed E-state index contributed by atoms with van der Waals surface area (Å²) in [4.78, 5) is 16.3. The van der Waals surface area contributed by atoms with Crippen molar-refractivity contribution in [2.75, 3.05) is 65.9 Å². The number of likely N-dealkylation sites (N-methyl/N-ethyl adjacent to an activating group) is 1. The molecule has 0 radical (unpaired) electrons. The quantitative estimate of drug-likeness (QED) is 0.566. The molecule has 1 N–H and O–H groups in total. The van der Waals surface area contributed by atoms with E-state index < -0.39 is 0 Å². The third-order valence-electron chi connectivity index (χ3n) is 6.34. The fourth-order valence-corrected chi connectivity index (χ4v) is 4.44. The number of nitrogens with one attached hydrogen (secondary N) is 1. The van der Waals surface area contributed by atoms with E-state index in [9.17, 15) is 0 Å². The van der Waals surface area contributed by atoms with E-state index in [0.29, 0.717) is 6.54 Å². The molecule has 32 heavy (non-hydrogen) atoms. The Bertz CT molecular complexity index is 956. The molecule has 0 unspecified atom stereocenters. The molecular weight excluding hydrogens is 404 g/mol. The van der Waals surface area contributed by atoms with Gasteiger partial charge in [-0.2, -0.15) is 0 Å². The van der Waals surface area contributed by atoms with Crippen molar-refractivity contribution in [2.45, 2.75) is 19.5 Å². The van der Waals surface area contributed by atoms with Gasteiger partial charge in [-0.05, 0) is 42.8 Å². The maximum atomic E-state index is 5.50. The Morgan fingerprint density at radius 1 is 1.06 bits per heavy atom. The molecule has 1 fully saturated rings. The van der Waals surface area contributed by atoms with Crippen molar-refractivity contribution in [3.05, 3.63) is 47.2 Å². The van der Waals surface area contributed by atoms with Gasteiger partial charge in [0.1, 0.15) is 5.82 Å². The predicted octanol–water partition coefficient (Wildman–Crippen LogP) is 1.98. The first-order chi connectivity index (χ1) is 15.6. The van der Waals surface area contributed by atoms with Gasteiger partial charge < -0.3 is 29.5 Å². The van der Waals surface area contributed by atoms with E-state index in [1.165, 1.54) is 16.7 Å². The second-order valence-electron chi connectivity index (χ2n) is 8.32. The Morgan fingerprint density at radius 3 is 2.47 bits per heavy atom. The van der Waals surface area contributed by atoms with Crippen molar-refractivity contribution >= 4 is 11.8 Å². The Balaban J connectivity index is 1.44. The minimum atomic E-state index is 0.692. The van der Waals surface area contributed by atoms with Crippen molar-refractivity contribution in [1.82, 2.24) is 20.1 Å². The van der Waals surface area contributed by atoms with Gasteiger partial charge in [0.25, 0.3) is 0 Å². The van der Waals surface area contributed by atoms with Gasteiger partial charge >= 0.3 is 0 Å². The minimum Gasteiger partial charge on any atom is -0.493 e. The van der Waals surface area contributed by atoms with Crippen molar-refractivity contribution < 1.29 is 9.47 Å². The number of anilines is 1. The topological polar surface area (TPSA) is 65.5 Å². The first-order valence-electron chi connectivity index (χ1n) is 11.2. The van der Waals surface area contributed by atoms with Crippen LogP contribution in [0.1, 0.15) is 16.7 Å². The monoisotopic (exact) mass is 438 g/mol. The van der Waals surface area contributed by atoms with Crippen molar-refractivity contribution in [3.8, 4) is 11.5 Å². The molecule has 3 heterocycles. The van der Waals surface area contributed by atoms with Crippen LogP contribution in [0.25, 0.3) is 0 Å². The number of rotatable bonds is 5. The lowest BCUT2D eigenvalue weighted by molar-refractivity contribution is 0.311. The van der Waals surface area contributed by atoms with Gasteiger partial charge in [-0.15, -0.1) is 0 Å². The van der Waals surface area contributed by atoms with Crippen LogP contribution >= 0.6 is 0 Å². The normalized spacial score (nSPS) is 17.2. The Labute approximate surface area is 190 Å². The first kappa shape index (κ1) is 22.2. The van der Waals surface area contributed by atoms with Crippen molar-refractivity contribution in [1.29, 1.82) is 0 Å². The van der Waals surface area contributed by atoms with E-state index in [4.69, 9.17) is 14.5 Å². The van der Waals surface area contributed by atoms with E-state index in [-0.39, 0.29) is 0 Å². The summed E-state index contributed by atoms with van der Waals surface area (Å²) >= 11 is 0. The zero-order valence-corrected chi connectivity index (χ0v) is 19.6. The molecule has 0 aliphatic carbocycles.